The van der Waals surface area contributed by atoms with E-state index in [9.17, 15) is 0 Å². The van der Waals surface area contributed by atoms with Gasteiger partial charge in [0.15, 0.2) is 0 Å². The molecule has 31 heavy (non-hydrogen) atoms. The second kappa shape index (κ2) is 12.1. The van der Waals surface area contributed by atoms with Crippen LogP contribution in [0, 0.1) is 11.8 Å². The molecule has 0 aromatic carbocycles. The van der Waals surface area contributed by atoms with Crippen molar-refractivity contribution in [3.63, 3.8) is 0 Å². The Morgan fingerprint density at radius 3 is 2.00 bits per heavy atom. The van der Waals surface area contributed by atoms with Crippen LogP contribution in [0.2, 0.25) is 3.93 Å². The fraction of sp³-hybridized carbons (Fsp3) is 0.714. The maximum atomic E-state index is 2.73. The van der Waals surface area contributed by atoms with Crippen LogP contribution in [0.5, 0.6) is 0 Å². The zero-order valence-electron chi connectivity index (χ0n) is 20.9. The molecular formula is C28H44S2Sn. The van der Waals surface area contributed by atoms with Crippen LogP contribution < -0.4 is 2.89 Å². The van der Waals surface area contributed by atoms with Gasteiger partial charge in [0.2, 0.25) is 0 Å². The molecule has 2 heterocycles. The van der Waals surface area contributed by atoms with E-state index < -0.39 is 21.1 Å². The Hall–Kier alpha value is 0.199. The van der Waals surface area contributed by atoms with Gasteiger partial charge < -0.3 is 0 Å². The average Bonchev–Trinajstić information content (AvgIpc) is 3.43. The van der Waals surface area contributed by atoms with E-state index in [-0.39, 0.29) is 0 Å². The van der Waals surface area contributed by atoms with Crippen molar-refractivity contribution < 1.29 is 0 Å². The van der Waals surface area contributed by atoms with Crippen LogP contribution in [0.4, 0.5) is 0 Å². The second-order valence-corrected chi connectivity index (χ2v) is 18.8. The summed E-state index contributed by atoms with van der Waals surface area (Å²) in [7, 11) is 0. The van der Waals surface area contributed by atoms with Gasteiger partial charge in [-0.1, -0.05) is 0 Å². The fourth-order valence-corrected chi connectivity index (χ4v) is 13.1. The Bertz CT molecular complexity index is 782. The number of thiophene rings is 2. The van der Waals surface area contributed by atoms with Gasteiger partial charge in [-0.3, -0.25) is 0 Å². The summed E-state index contributed by atoms with van der Waals surface area (Å²) in [5.41, 5.74) is 3.77. The molecule has 2 aromatic heterocycles. The van der Waals surface area contributed by atoms with Crippen LogP contribution in [-0.4, -0.2) is 21.1 Å². The first-order chi connectivity index (χ1) is 15.0. The molecule has 0 saturated carbocycles. The van der Waals surface area contributed by atoms with Crippen LogP contribution in [-0.2, 0) is 5.41 Å². The number of hydrogen-bond donors (Lipinski definition) is 0. The van der Waals surface area contributed by atoms with Gasteiger partial charge in [-0.05, 0) is 0 Å². The van der Waals surface area contributed by atoms with Crippen molar-refractivity contribution in [2.75, 3.05) is 0 Å². The number of rotatable bonds is 14. The van der Waals surface area contributed by atoms with Crippen LogP contribution in [0.15, 0.2) is 17.5 Å². The first kappa shape index (κ1) is 25.8. The van der Waals surface area contributed by atoms with E-state index in [4.69, 9.17) is 0 Å². The molecular weight excluding hydrogens is 519 g/mol. The Kier molecular flexibility index (Phi) is 10.0. The van der Waals surface area contributed by atoms with Crippen molar-refractivity contribution in [1.29, 1.82) is 0 Å². The predicted octanol–water partition coefficient (Wildman–Crippen LogP) is 9.45. The molecule has 0 aliphatic heterocycles. The summed E-state index contributed by atoms with van der Waals surface area (Å²) in [6.07, 6.45) is 13.7. The Balaban J connectivity index is 2.05. The molecule has 0 nitrogen and oxygen atoms in total. The Morgan fingerprint density at radius 2 is 1.48 bits per heavy atom. The number of hydrogen-bond acceptors (Lipinski definition) is 2. The quantitative estimate of drug-likeness (QED) is 0.201. The average molecular weight is 564 g/mol. The zero-order chi connectivity index (χ0) is 22.4. The first-order valence-electron chi connectivity index (χ1n) is 13.0. The molecule has 0 N–H and O–H groups in total. The van der Waals surface area contributed by atoms with Crippen LogP contribution in [0.25, 0.3) is 9.75 Å². The van der Waals surface area contributed by atoms with Crippen molar-refractivity contribution >= 4 is 46.7 Å². The van der Waals surface area contributed by atoms with E-state index in [1.54, 1.807) is 23.8 Å². The molecule has 0 spiro atoms. The van der Waals surface area contributed by atoms with Gasteiger partial charge in [0.25, 0.3) is 0 Å². The van der Waals surface area contributed by atoms with Gasteiger partial charge in [-0.25, -0.2) is 0 Å². The van der Waals surface area contributed by atoms with Gasteiger partial charge in [0.1, 0.15) is 0 Å². The minimum absolute atomic E-state index is 0.290. The molecule has 0 fully saturated rings. The summed E-state index contributed by atoms with van der Waals surface area (Å²) in [6.45, 7) is 14.5. The molecule has 3 rings (SSSR count). The van der Waals surface area contributed by atoms with Crippen molar-refractivity contribution in [3.05, 3.63) is 28.6 Å². The van der Waals surface area contributed by atoms with Crippen molar-refractivity contribution in [2.45, 2.75) is 115 Å². The molecule has 2 unspecified atom stereocenters. The molecule has 0 bridgehead atoms. The van der Waals surface area contributed by atoms with Crippen molar-refractivity contribution in [1.82, 2.24) is 0 Å². The Labute approximate surface area is 210 Å². The Morgan fingerprint density at radius 1 is 0.871 bits per heavy atom. The van der Waals surface area contributed by atoms with Crippen LogP contribution in [0.1, 0.15) is 117 Å². The van der Waals surface area contributed by atoms with Crippen LogP contribution >= 0.6 is 22.7 Å². The van der Waals surface area contributed by atoms with E-state index >= 15 is 0 Å². The van der Waals surface area contributed by atoms with Crippen molar-refractivity contribution in [3.8, 4) is 9.75 Å². The first-order valence-corrected chi connectivity index (χ1v) is 17.7. The summed E-state index contributed by atoms with van der Waals surface area (Å²) in [5.74, 6) is 1.71. The summed E-state index contributed by atoms with van der Waals surface area (Å²) in [4.78, 5) is 3.32. The molecule has 0 amide bonds. The molecule has 3 heteroatoms. The topological polar surface area (TPSA) is 0 Å². The van der Waals surface area contributed by atoms with Gasteiger partial charge in [-0.2, -0.15) is 0 Å². The monoisotopic (exact) mass is 564 g/mol. The fourth-order valence-electron chi connectivity index (χ4n) is 5.67. The normalized spacial score (nSPS) is 19.6. The molecule has 2 radical (unpaired) electrons. The molecule has 2 aromatic rings. The summed E-state index contributed by atoms with van der Waals surface area (Å²) in [6, 6.07) is 5.26. The summed E-state index contributed by atoms with van der Waals surface area (Å²) in [5, 5.41) is 2.39. The third-order valence-corrected chi connectivity index (χ3v) is 14.0. The van der Waals surface area contributed by atoms with E-state index in [0.29, 0.717) is 5.41 Å². The second-order valence-electron chi connectivity index (χ2n) is 10.1. The number of unbranched alkanes of at least 4 members (excludes halogenated alkanes) is 2. The molecule has 2 atom stereocenters. The summed E-state index contributed by atoms with van der Waals surface area (Å²) < 4.78 is 2.69. The third kappa shape index (κ3) is 5.83. The molecule has 1 aliphatic rings. The maximum absolute atomic E-state index is 2.73. The SMILES string of the molecule is CCCCC(CC)CC1(CC(CC)CCCC)c2ccsc2-c2s[c]([Sn][CH](C)C)cc21. The van der Waals surface area contributed by atoms with Gasteiger partial charge in [0, 0.05) is 0 Å². The summed E-state index contributed by atoms with van der Waals surface area (Å²) >= 11 is 3.75. The van der Waals surface area contributed by atoms with Gasteiger partial charge in [-0.15, -0.1) is 0 Å². The standard InChI is InChI=1S/C25H37S2.C3H7.Sn/c1-5-9-11-19(7-3)17-25(18-20(8-4)12-10-6-2)21-13-15-26-23(21)24-22(25)14-16-27-24;1-3-2;/h13-15,19-20H,5-12,17-18H2,1-4H3;3H,1-2H3;. The van der Waals surface area contributed by atoms with Crippen molar-refractivity contribution in [2.24, 2.45) is 11.8 Å². The van der Waals surface area contributed by atoms with E-state index in [2.05, 4.69) is 70.4 Å². The number of fused-ring (bicyclic) bond motifs is 3. The molecule has 172 valence electrons. The molecule has 0 saturated heterocycles. The zero-order valence-corrected chi connectivity index (χ0v) is 25.3. The van der Waals surface area contributed by atoms with E-state index in [0.717, 1.165) is 15.8 Å². The van der Waals surface area contributed by atoms with Crippen LogP contribution in [0.3, 0.4) is 0 Å². The third-order valence-electron chi connectivity index (χ3n) is 7.43. The molecule has 1 aliphatic carbocycles. The van der Waals surface area contributed by atoms with E-state index in [1.165, 1.54) is 64.2 Å². The van der Waals surface area contributed by atoms with E-state index in [1.807, 2.05) is 11.3 Å². The minimum atomic E-state index is -0.463. The van der Waals surface area contributed by atoms with Gasteiger partial charge >= 0.3 is 212 Å². The predicted molar refractivity (Wildman–Crippen MR) is 145 cm³/mol. The van der Waals surface area contributed by atoms with Gasteiger partial charge in [0.05, 0.1) is 0 Å².